The number of carbonyl (C=O) groups is 2. The molecule has 156 valence electrons. The molecule has 0 radical (unpaired) electrons. The highest BCUT2D eigenvalue weighted by Gasteiger charge is 2.23. The molecule has 3 N–H and O–H groups in total. The molecule has 0 aliphatic carbocycles. The van der Waals surface area contributed by atoms with E-state index < -0.39 is 26.6 Å². The lowest BCUT2D eigenvalue weighted by molar-refractivity contribution is -0.124. The highest BCUT2D eigenvalue weighted by atomic mass is 127. The Labute approximate surface area is 184 Å². The molecule has 2 aliphatic rings. The number of hydrogen-bond donors (Lipinski definition) is 3. The van der Waals surface area contributed by atoms with Crippen molar-refractivity contribution in [3.8, 4) is 0 Å². The maximum absolute atomic E-state index is 12.6. The summed E-state index contributed by atoms with van der Waals surface area (Å²) in [6.45, 7) is 2.48. The van der Waals surface area contributed by atoms with E-state index in [-0.39, 0.29) is 5.91 Å². The molecule has 2 amide bonds. The molecule has 2 aliphatic heterocycles. The highest BCUT2D eigenvalue weighted by molar-refractivity contribution is 14.2. The van der Waals surface area contributed by atoms with E-state index >= 15 is 0 Å². The topological polar surface area (TPSA) is 94.0 Å². The van der Waals surface area contributed by atoms with Gasteiger partial charge in [0.15, 0.2) is 0 Å². The Morgan fingerprint density at radius 2 is 1.87 bits per heavy atom. The van der Waals surface area contributed by atoms with Gasteiger partial charge in [0.25, 0.3) is 11.8 Å². The zero-order valence-corrected chi connectivity index (χ0v) is 18.5. The van der Waals surface area contributed by atoms with Crippen molar-refractivity contribution in [2.45, 2.75) is 12.8 Å². The molecule has 1 fully saturated rings. The van der Waals surface area contributed by atoms with Crippen LogP contribution in [0.15, 0.2) is 57.1 Å². The first kappa shape index (κ1) is 20.8. The number of amides is 2. The van der Waals surface area contributed by atoms with Gasteiger partial charge in [-0.25, -0.2) is 10.5 Å². The van der Waals surface area contributed by atoms with Gasteiger partial charge in [0.1, 0.15) is 3.76 Å². The summed E-state index contributed by atoms with van der Waals surface area (Å²) in [5.74, 6) is -0.0956. The van der Waals surface area contributed by atoms with Crippen LogP contribution >= 0.6 is 20.7 Å². The number of hydroxylamine groups is 1. The lowest BCUT2D eigenvalue weighted by atomic mass is 9.97. The van der Waals surface area contributed by atoms with Crippen LogP contribution in [0.25, 0.3) is 10.8 Å². The molecule has 0 bridgehead atoms. The minimum absolute atomic E-state index is 0.0277. The minimum atomic E-state index is -0.515. The van der Waals surface area contributed by atoms with Crippen molar-refractivity contribution in [3.63, 3.8) is 0 Å². The fourth-order valence-electron chi connectivity index (χ4n) is 3.60. The molecule has 7 nitrogen and oxygen atoms in total. The number of likely N-dealkylation sites (tertiary alicyclic amines) is 1. The number of nitrogens with one attached hydrogen (secondary N) is 2. The van der Waals surface area contributed by atoms with Crippen molar-refractivity contribution >= 4 is 53.3 Å². The maximum Gasteiger partial charge on any atom is 0.276 e. The first-order valence-corrected chi connectivity index (χ1v) is 12.2. The summed E-state index contributed by atoms with van der Waals surface area (Å²) in [6.07, 6.45) is 3.50. The molecule has 0 unspecified atom stereocenters. The second kappa shape index (κ2) is 9.59. The van der Waals surface area contributed by atoms with E-state index in [0.717, 1.165) is 40.5 Å². The van der Waals surface area contributed by atoms with Crippen LogP contribution < -0.4 is 10.8 Å². The Hall–Kier alpha value is -2.43. The van der Waals surface area contributed by atoms with Crippen molar-refractivity contribution in [3.05, 3.63) is 57.7 Å². The van der Waals surface area contributed by atoms with E-state index in [1.807, 2.05) is 46.5 Å². The van der Waals surface area contributed by atoms with Crippen LogP contribution in [0.3, 0.4) is 0 Å². The minimum Gasteiger partial charge on any atom is -0.352 e. The molecule has 30 heavy (non-hydrogen) atoms. The Bertz CT molecular complexity index is 1060. The summed E-state index contributed by atoms with van der Waals surface area (Å²) in [6, 6.07) is 13.8. The number of carbonyl (C=O) groups excluding carboxylic acids is 2. The van der Waals surface area contributed by atoms with Gasteiger partial charge in [-0.2, -0.15) is 0 Å². The molecule has 4 rings (SSSR count). The Morgan fingerprint density at radius 3 is 2.57 bits per heavy atom. The van der Waals surface area contributed by atoms with Gasteiger partial charge in [0.2, 0.25) is 0 Å². The lowest BCUT2D eigenvalue weighted by Crippen LogP contribution is -2.40. The summed E-state index contributed by atoms with van der Waals surface area (Å²) in [5.41, 5.74) is 2.75. The Morgan fingerprint density at radius 1 is 1.10 bits per heavy atom. The van der Waals surface area contributed by atoms with Crippen LogP contribution in [0.5, 0.6) is 0 Å². The quantitative estimate of drug-likeness (QED) is 0.323. The molecule has 1 saturated heterocycles. The van der Waals surface area contributed by atoms with Crippen molar-refractivity contribution in [1.82, 2.24) is 15.7 Å². The average Bonchev–Trinajstić information content (AvgIpc) is 2.82. The summed E-state index contributed by atoms with van der Waals surface area (Å²) < 4.78 is 2.92. The Kier molecular flexibility index (Phi) is 6.66. The molecule has 2 heterocycles. The number of hydrogen-bond acceptors (Lipinski definition) is 5. The SMILES string of the molecule is O=C(NO)C1=CI=C(N2CCC(CNC(=O)c3ccc4ccccc4c3)CC2)N=C1. The zero-order chi connectivity index (χ0) is 20.9. The highest BCUT2D eigenvalue weighted by Crippen LogP contribution is 2.22. The number of nitrogens with zero attached hydrogens (tertiary/aromatic N) is 2. The van der Waals surface area contributed by atoms with Crippen LogP contribution in [-0.2, 0) is 4.79 Å². The van der Waals surface area contributed by atoms with Crippen LogP contribution in [0.4, 0.5) is 0 Å². The van der Waals surface area contributed by atoms with Crippen LogP contribution in [0.1, 0.15) is 23.2 Å². The molecule has 0 saturated carbocycles. The first-order chi connectivity index (χ1) is 14.6. The predicted octanol–water partition coefficient (Wildman–Crippen LogP) is 2.81. The van der Waals surface area contributed by atoms with E-state index in [1.165, 1.54) is 6.21 Å². The number of fused-ring (bicyclic) bond motifs is 1. The van der Waals surface area contributed by atoms with Gasteiger partial charge in [-0.3, -0.25) is 19.7 Å². The summed E-state index contributed by atoms with van der Waals surface area (Å²) >= 11 is -0.495. The molecule has 0 spiro atoms. The standard InChI is InChI=1S/C22H23IN4O3/c28-20(18-6-5-16-3-1-2-4-17(16)11-18)24-13-15-7-9-27(10-8-15)22-23-12-19(14-25-22)21(29)26-30/h1-6,11-12,14-15,30H,7-10,13H2,(H,24,28)(H,26,29). The number of piperidine rings is 1. The number of benzene rings is 2. The van der Waals surface area contributed by atoms with Crippen molar-refractivity contribution < 1.29 is 14.8 Å². The summed E-state index contributed by atoms with van der Waals surface area (Å²) in [5, 5.41) is 14.0. The third kappa shape index (κ3) is 4.82. The second-order valence-corrected chi connectivity index (χ2v) is 9.55. The second-order valence-electron chi connectivity index (χ2n) is 7.34. The lowest BCUT2D eigenvalue weighted by Gasteiger charge is -2.32. The first-order valence-electron chi connectivity index (χ1n) is 9.85. The molecule has 0 aromatic heterocycles. The van der Waals surface area contributed by atoms with Crippen LogP contribution in [0, 0.1) is 5.92 Å². The fraction of sp³-hybridized carbons (Fsp3) is 0.273. The molecule has 2 aromatic carbocycles. The van der Waals surface area contributed by atoms with E-state index in [0.29, 0.717) is 23.6 Å². The van der Waals surface area contributed by atoms with E-state index in [4.69, 9.17) is 5.21 Å². The van der Waals surface area contributed by atoms with Gasteiger partial charge >= 0.3 is 0 Å². The molecular weight excluding hydrogens is 495 g/mol. The number of rotatable bonds is 5. The third-order valence-corrected chi connectivity index (χ3v) is 7.88. The molecular formula is C22H23IN4O3. The number of halogens is 1. The number of aliphatic imine (C=N–C) groups is 1. The van der Waals surface area contributed by atoms with Crippen molar-refractivity contribution in [2.24, 2.45) is 10.9 Å². The van der Waals surface area contributed by atoms with Gasteiger partial charge in [0, 0.05) is 31.4 Å². The zero-order valence-electron chi connectivity index (χ0n) is 16.3. The Balaban J connectivity index is 1.27. The van der Waals surface area contributed by atoms with E-state index in [2.05, 4.69) is 15.2 Å². The van der Waals surface area contributed by atoms with Crippen LogP contribution in [0.2, 0.25) is 0 Å². The largest absolute Gasteiger partial charge is 0.352 e. The van der Waals surface area contributed by atoms with Crippen LogP contribution in [-0.4, -0.2) is 51.5 Å². The van der Waals surface area contributed by atoms with Gasteiger partial charge in [-0.1, -0.05) is 51.1 Å². The van der Waals surface area contributed by atoms with E-state index in [9.17, 15) is 9.59 Å². The smallest absolute Gasteiger partial charge is 0.276 e. The summed E-state index contributed by atoms with van der Waals surface area (Å²) in [4.78, 5) is 30.7. The maximum atomic E-state index is 12.6. The normalized spacial score (nSPS) is 17.6. The fourth-order valence-corrected chi connectivity index (χ4v) is 5.84. The molecule has 2 aromatic rings. The third-order valence-electron chi connectivity index (χ3n) is 5.38. The van der Waals surface area contributed by atoms with E-state index in [1.54, 1.807) is 5.48 Å². The van der Waals surface area contributed by atoms with Crippen molar-refractivity contribution in [1.29, 1.82) is 0 Å². The van der Waals surface area contributed by atoms with Gasteiger partial charge in [-0.15, -0.1) is 0 Å². The molecule has 8 heteroatoms. The summed E-state index contributed by atoms with van der Waals surface area (Å²) in [7, 11) is 0. The average molecular weight is 518 g/mol. The van der Waals surface area contributed by atoms with Gasteiger partial charge < -0.3 is 5.32 Å². The molecule has 0 atom stereocenters. The monoisotopic (exact) mass is 518 g/mol. The van der Waals surface area contributed by atoms with Gasteiger partial charge in [-0.05, 0) is 45.7 Å². The van der Waals surface area contributed by atoms with Gasteiger partial charge in [0.05, 0.1) is 5.57 Å². The van der Waals surface area contributed by atoms with Crippen molar-refractivity contribution in [2.75, 3.05) is 19.6 Å². The predicted molar refractivity (Wildman–Crippen MR) is 126 cm³/mol.